The van der Waals surface area contributed by atoms with Crippen LogP contribution in [0.15, 0.2) is 34.6 Å². The lowest BCUT2D eigenvalue weighted by Gasteiger charge is -2.11. The quantitative estimate of drug-likeness (QED) is 0.789. The highest BCUT2D eigenvalue weighted by molar-refractivity contribution is 7.13. The van der Waals surface area contributed by atoms with E-state index in [4.69, 9.17) is 5.73 Å². The molecular formula is C14H12FN3OS. The van der Waals surface area contributed by atoms with Gasteiger partial charge in [0.15, 0.2) is 10.6 Å². The monoisotopic (exact) mass is 289 g/mol. The summed E-state index contributed by atoms with van der Waals surface area (Å²) < 4.78 is 15.7. The molecule has 0 unspecified atom stereocenters. The Morgan fingerprint density at radius 1 is 1.45 bits per heavy atom. The molecule has 102 valence electrons. The second-order valence-electron chi connectivity index (χ2n) is 4.36. The number of fused-ring (bicyclic) bond motifs is 1. The van der Waals surface area contributed by atoms with Crippen molar-refractivity contribution in [1.29, 1.82) is 0 Å². The lowest BCUT2D eigenvalue weighted by molar-refractivity contribution is 0.624. The van der Waals surface area contributed by atoms with Crippen LogP contribution in [0.5, 0.6) is 0 Å². The van der Waals surface area contributed by atoms with E-state index in [9.17, 15) is 9.18 Å². The Labute approximate surface area is 118 Å². The molecule has 2 N–H and O–H groups in total. The zero-order chi connectivity index (χ0) is 14.3. The molecule has 4 nitrogen and oxygen atoms in total. The van der Waals surface area contributed by atoms with Crippen LogP contribution in [-0.4, -0.2) is 9.55 Å². The second kappa shape index (κ2) is 4.72. The first-order chi connectivity index (χ1) is 9.61. The molecule has 0 radical (unpaired) electrons. The first kappa shape index (κ1) is 12.8. The molecule has 0 atom stereocenters. The van der Waals surface area contributed by atoms with Gasteiger partial charge in [-0.15, -0.1) is 11.3 Å². The predicted molar refractivity (Wildman–Crippen MR) is 79.4 cm³/mol. The first-order valence-electron chi connectivity index (χ1n) is 6.15. The van der Waals surface area contributed by atoms with Crippen molar-refractivity contribution in [2.45, 2.75) is 13.5 Å². The molecule has 0 aliphatic rings. The third kappa shape index (κ3) is 1.89. The van der Waals surface area contributed by atoms with Gasteiger partial charge in [-0.25, -0.2) is 9.37 Å². The minimum Gasteiger partial charge on any atom is -0.375 e. The van der Waals surface area contributed by atoms with Crippen LogP contribution in [0, 0.1) is 5.82 Å². The third-order valence-electron chi connectivity index (χ3n) is 3.19. The summed E-state index contributed by atoms with van der Waals surface area (Å²) in [4.78, 5) is 16.6. The van der Waals surface area contributed by atoms with E-state index in [1.54, 1.807) is 22.2 Å². The van der Waals surface area contributed by atoms with Crippen molar-refractivity contribution >= 4 is 27.4 Å². The van der Waals surface area contributed by atoms with Gasteiger partial charge in [0.25, 0.3) is 0 Å². The van der Waals surface area contributed by atoms with Gasteiger partial charge in [-0.1, -0.05) is 6.07 Å². The molecule has 0 spiro atoms. The zero-order valence-corrected chi connectivity index (χ0v) is 11.6. The van der Waals surface area contributed by atoms with Crippen LogP contribution in [0.1, 0.15) is 6.92 Å². The number of pyridine rings is 1. The molecule has 6 heteroatoms. The number of nitrogen functional groups attached to an aromatic ring is 1. The maximum Gasteiger partial charge on any atom is 0.198 e. The lowest BCUT2D eigenvalue weighted by atomic mass is 10.1. The molecule has 0 amide bonds. The van der Waals surface area contributed by atoms with Crippen molar-refractivity contribution in [3.8, 4) is 11.3 Å². The fourth-order valence-corrected chi connectivity index (χ4v) is 2.82. The molecule has 2 aromatic heterocycles. The van der Waals surface area contributed by atoms with Gasteiger partial charge < -0.3 is 10.3 Å². The van der Waals surface area contributed by atoms with Gasteiger partial charge in [0.05, 0.1) is 16.8 Å². The molecule has 0 bridgehead atoms. The average molecular weight is 289 g/mol. The summed E-state index contributed by atoms with van der Waals surface area (Å²) in [6.07, 6.45) is 1.64. The molecule has 0 aliphatic carbocycles. The van der Waals surface area contributed by atoms with Crippen LogP contribution in [0.4, 0.5) is 9.52 Å². The number of nitrogens with two attached hydrogens (primary N) is 1. The van der Waals surface area contributed by atoms with Crippen molar-refractivity contribution in [2.24, 2.45) is 0 Å². The van der Waals surface area contributed by atoms with Gasteiger partial charge in [-0.2, -0.15) is 0 Å². The summed E-state index contributed by atoms with van der Waals surface area (Å²) in [5, 5.41) is 2.50. The van der Waals surface area contributed by atoms with Crippen molar-refractivity contribution in [2.75, 3.05) is 5.73 Å². The van der Waals surface area contributed by atoms with Crippen molar-refractivity contribution in [3.05, 3.63) is 45.8 Å². The number of benzene rings is 1. The fourth-order valence-electron chi connectivity index (χ4n) is 2.26. The number of para-hydroxylation sites is 1. The highest BCUT2D eigenvalue weighted by atomic mass is 32.1. The summed E-state index contributed by atoms with van der Waals surface area (Å²) in [6.45, 7) is 2.46. The summed E-state index contributed by atoms with van der Waals surface area (Å²) >= 11 is 1.27. The highest BCUT2D eigenvalue weighted by Crippen LogP contribution is 2.24. The number of halogens is 1. The van der Waals surface area contributed by atoms with Gasteiger partial charge in [-0.05, 0) is 19.1 Å². The van der Waals surface area contributed by atoms with Crippen LogP contribution < -0.4 is 11.2 Å². The smallest absolute Gasteiger partial charge is 0.198 e. The Kier molecular flexibility index (Phi) is 3.02. The SMILES string of the molecule is CCn1cc(-c2csc(N)n2)c(=O)c2cccc(F)c21. The fraction of sp³-hybridized carbons (Fsp3) is 0.143. The number of anilines is 1. The average Bonchev–Trinajstić information content (AvgIpc) is 2.86. The molecule has 3 rings (SSSR count). The topological polar surface area (TPSA) is 60.9 Å². The predicted octanol–water partition coefficient (Wildman–Crippen LogP) is 2.87. The molecule has 3 aromatic rings. The number of hydrogen-bond donors (Lipinski definition) is 1. The van der Waals surface area contributed by atoms with Gasteiger partial charge in [0.2, 0.25) is 0 Å². The van der Waals surface area contributed by atoms with Crippen molar-refractivity contribution in [3.63, 3.8) is 0 Å². The molecule has 0 aliphatic heterocycles. The standard InChI is InChI=1S/C14H12FN3OS/c1-2-18-6-9(11-7-20-14(16)17-11)13(19)8-4-3-5-10(15)12(8)18/h3-7H,2H2,1H3,(H2,16,17). The Balaban J connectivity index is 2.41. The Bertz CT molecular complexity index is 853. The van der Waals surface area contributed by atoms with E-state index in [1.807, 2.05) is 6.92 Å². The van der Waals surface area contributed by atoms with Crippen molar-refractivity contribution < 1.29 is 4.39 Å². The summed E-state index contributed by atoms with van der Waals surface area (Å²) in [5.41, 5.74) is 6.69. The number of aromatic nitrogens is 2. The van der Waals surface area contributed by atoms with E-state index in [0.717, 1.165) is 0 Å². The van der Waals surface area contributed by atoms with E-state index in [1.165, 1.54) is 23.5 Å². The highest BCUT2D eigenvalue weighted by Gasteiger charge is 2.14. The molecular weight excluding hydrogens is 277 g/mol. The molecule has 2 heterocycles. The van der Waals surface area contributed by atoms with Gasteiger partial charge in [0.1, 0.15) is 5.82 Å². The minimum atomic E-state index is -0.397. The first-order valence-corrected chi connectivity index (χ1v) is 7.02. The van der Waals surface area contributed by atoms with Crippen molar-refractivity contribution in [1.82, 2.24) is 9.55 Å². The third-order valence-corrected chi connectivity index (χ3v) is 3.86. The largest absolute Gasteiger partial charge is 0.375 e. The number of nitrogens with zero attached hydrogens (tertiary/aromatic N) is 2. The Morgan fingerprint density at radius 2 is 2.25 bits per heavy atom. The van der Waals surface area contributed by atoms with Crippen LogP contribution in [0.25, 0.3) is 22.2 Å². The molecule has 20 heavy (non-hydrogen) atoms. The zero-order valence-electron chi connectivity index (χ0n) is 10.8. The van der Waals surface area contributed by atoms with Gasteiger partial charge in [-0.3, -0.25) is 4.79 Å². The van der Waals surface area contributed by atoms with E-state index >= 15 is 0 Å². The summed E-state index contributed by atoms with van der Waals surface area (Å²) in [6, 6.07) is 4.53. The van der Waals surface area contributed by atoms with E-state index in [2.05, 4.69) is 4.98 Å². The molecule has 1 aromatic carbocycles. The molecule has 0 saturated carbocycles. The van der Waals surface area contributed by atoms with E-state index < -0.39 is 5.82 Å². The second-order valence-corrected chi connectivity index (χ2v) is 5.25. The number of aryl methyl sites for hydroxylation is 1. The maximum absolute atomic E-state index is 14.0. The minimum absolute atomic E-state index is 0.227. The lowest BCUT2D eigenvalue weighted by Crippen LogP contribution is -2.13. The maximum atomic E-state index is 14.0. The molecule has 0 fully saturated rings. The number of hydrogen-bond acceptors (Lipinski definition) is 4. The number of thiazole rings is 1. The normalized spacial score (nSPS) is 11.1. The van der Waals surface area contributed by atoms with Gasteiger partial charge in [0, 0.05) is 23.5 Å². The van der Waals surface area contributed by atoms with Crippen LogP contribution in [0.3, 0.4) is 0 Å². The van der Waals surface area contributed by atoms with Crippen LogP contribution in [0.2, 0.25) is 0 Å². The Hall–Kier alpha value is -2.21. The van der Waals surface area contributed by atoms with E-state index in [0.29, 0.717) is 33.8 Å². The van der Waals surface area contributed by atoms with Crippen LogP contribution in [-0.2, 0) is 6.54 Å². The van der Waals surface area contributed by atoms with E-state index in [-0.39, 0.29) is 5.43 Å². The summed E-state index contributed by atoms with van der Waals surface area (Å²) in [5.74, 6) is -0.397. The number of rotatable bonds is 2. The van der Waals surface area contributed by atoms with Gasteiger partial charge >= 0.3 is 0 Å². The Morgan fingerprint density at radius 3 is 2.90 bits per heavy atom. The summed E-state index contributed by atoms with van der Waals surface area (Å²) in [7, 11) is 0. The van der Waals surface area contributed by atoms with Crippen LogP contribution >= 0.6 is 11.3 Å². The molecule has 0 saturated heterocycles.